The van der Waals surface area contributed by atoms with Gasteiger partial charge in [-0.3, -0.25) is 9.78 Å². The fourth-order valence-electron chi connectivity index (χ4n) is 4.95. The lowest BCUT2D eigenvalue weighted by molar-refractivity contribution is -0.152. The molecule has 0 bridgehead atoms. The van der Waals surface area contributed by atoms with Crippen LogP contribution in [0.4, 0.5) is 8.78 Å². The van der Waals surface area contributed by atoms with E-state index in [1.807, 2.05) is 31.2 Å². The van der Waals surface area contributed by atoms with Crippen molar-refractivity contribution < 1.29 is 18.3 Å². The molecule has 1 aromatic heterocycles. The molecule has 0 spiro atoms. The zero-order chi connectivity index (χ0) is 22.3. The average molecular weight is 422 g/mol. The molecule has 2 aromatic rings. The van der Waals surface area contributed by atoms with Gasteiger partial charge in [-0.05, 0) is 37.5 Å². The van der Waals surface area contributed by atoms with Crippen molar-refractivity contribution in [2.24, 2.45) is 23.7 Å². The summed E-state index contributed by atoms with van der Waals surface area (Å²) >= 11 is 0. The number of halogens is 2. The summed E-state index contributed by atoms with van der Waals surface area (Å²) in [5, 5.41) is 9.45. The number of pyridine rings is 1. The highest BCUT2D eigenvalue weighted by Gasteiger charge is 2.59. The largest absolute Gasteiger partial charge is 0.462 e. The summed E-state index contributed by atoms with van der Waals surface area (Å²) in [5.41, 5.74) is 3.76. The molecular formula is C25H24F2N2O2. The lowest BCUT2D eigenvalue weighted by Gasteiger charge is -2.41. The minimum Gasteiger partial charge on any atom is -0.462 e. The summed E-state index contributed by atoms with van der Waals surface area (Å²) in [5.74, 6) is -5.85. The van der Waals surface area contributed by atoms with E-state index in [1.54, 1.807) is 38.3 Å². The van der Waals surface area contributed by atoms with Crippen molar-refractivity contribution in [1.29, 1.82) is 5.26 Å². The summed E-state index contributed by atoms with van der Waals surface area (Å²) in [6, 6.07) is 11.6. The Morgan fingerprint density at radius 1 is 1.26 bits per heavy atom. The molecule has 1 saturated carbocycles. The van der Waals surface area contributed by atoms with Gasteiger partial charge in [-0.25, -0.2) is 8.78 Å². The van der Waals surface area contributed by atoms with E-state index in [9.17, 15) is 18.8 Å². The Morgan fingerprint density at radius 3 is 2.71 bits per heavy atom. The Hall–Kier alpha value is -3.07. The number of rotatable bonds is 3. The van der Waals surface area contributed by atoms with Gasteiger partial charge >= 0.3 is 5.97 Å². The molecule has 2 heterocycles. The number of nitriles is 1. The second-order valence-electron chi connectivity index (χ2n) is 8.60. The van der Waals surface area contributed by atoms with Gasteiger partial charge in [0.2, 0.25) is 0 Å². The van der Waals surface area contributed by atoms with Crippen molar-refractivity contribution in [2.75, 3.05) is 0 Å². The first-order valence-corrected chi connectivity index (χ1v) is 10.5. The molecule has 5 atom stereocenters. The third-order valence-corrected chi connectivity index (χ3v) is 6.76. The summed E-state index contributed by atoms with van der Waals surface area (Å²) in [6.07, 6.45) is 4.34. The number of carbonyl (C=O) groups is 1. The quantitative estimate of drug-likeness (QED) is 0.621. The van der Waals surface area contributed by atoms with Crippen molar-refractivity contribution in [3.8, 4) is 17.2 Å². The minimum atomic E-state index is -2.92. The second-order valence-corrected chi connectivity index (χ2v) is 8.60. The van der Waals surface area contributed by atoms with Gasteiger partial charge in [-0.15, -0.1) is 0 Å². The summed E-state index contributed by atoms with van der Waals surface area (Å²) in [6.45, 7) is 5.21. The standard InChI is InChI=1S/C25H24F2N2O2/c1-14-5-4-6-20(22(14)12-28)17-7-8-18(29-13-17)9-10-19-15(2)25(26,27)11-21-23(19)16(3)31-24(21)30/h4-10,13,15-16,19,21,23H,11H2,1-3H3/t15-,16+,19-,21+,23-/m0/s1. The fourth-order valence-corrected chi connectivity index (χ4v) is 4.95. The number of fused-ring (bicyclic) bond motifs is 1. The number of hydrogen-bond donors (Lipinski definition) is 0. The van der Waals surface area contributed by atoms with Gasteiger partial charge < -0.3 is 4.74 Å². The molecule has 160 valence electrons. The Kier molecular flexibility index (Phi) is 5.38. The van der Waals surface area contributed by atoms with Crippen molar-refractivity contribution in [1.82, 2.24) is 4.98 Å². The fraction of sp³-hybridized carbons (Fsp3) is 0.400. The highest BCUT2D eigenvalue weighted by Crippen LogP contribution is 2.52. The number of ether oxygens (including phenoxy) is 1. The molecule has 0 unspecified atom stereocenters. The minimum absolute atomic E-state index is 0.261. The molecule has 4 nitrogen and oxygen atoms in total. The third-order valence-electron chi connectivity index (χ3n) is 6.76. The second kappa shape index (κ2) is 7.88. The van der Waals surface area contributed by atoms with Gasteiger partial charge in [0.05, 0.1) is 17.2 Å². The molecule has 31 heavy (non-hydrogen) atoms. The van der Waals surface area contributed by atoms with Crippen molar-refractivity contribution >= 4 is 12.0 Å². The van der Waals surface area contributed by atoms with E-state index in [-0.39, 0.29) is 12.0 Å². The Bertz CT molecular complexity index is 1070. The van der Waals surface area contributed by atoms with Crippen molar-refractivity contribution in [2.45, 2.75) is 39.2 Å². The third kappa shape index (κ3) is 3.74. The van der Waals surface area contributed by atoms with Crippen LogP contribution in [0.3, 0.4) is 0 Å². The monoisotopic (exact) mass is 422 g/mol. The van der Waals surface area contributed by atoms with Gasteiger partial charge in [-0.2, -0.15) is 5.26 Å². The van der Waals surface area contributed by atoms with Crippen LogP contribution in [0.1, 0.15) is 37.1 Å². The molecule has 4 rings (SSSR count). The predicted octanol–water partition coefficient (Wildman–Crippen LogP) is 5.41. The normalized spacial score (nSPS) is 29.4. The van der Waals surface area contributed by atoms with E-state index >= 15 is 0 Å². The molecule has 0 radical (unpaired) electrons. The van der Waals surface area contributed by atoms with E-state index in [0.717, 1.165) is 16.7 Å². The SMILES string of the molecule is Cc1cccc(-c2ccc(C=C[C@@H]3[C@@H]4[C@@H](C)OC(=O)[C@@H]4CC(F)(F)[C@H]3C)nc2)c1C#N. The number of aryl methyl sites for hydroxylation is 1. The molecule has 6 heteroatoms. The Balaban J connectivity index is 1.60. The van der Waals surface area contributed by atoms with Crippen molar-refractivity contribution in [3.63, 3.8) is 0 Å². The molecule has 1 aliphatic carbocycles. The van der Waals surface area contributed by atoms with Crippen LogP contribution in [0.2, 0.25) is 0 Å². The maximum Gasteiger partial charge on any atom is 0.309 e. The van der Waals surface area contributed by atoms with E-state index in [4.69, 9.17) is 4.74 Å². The topological polar surface area (TPSA) is 63.0 Å². The van der Waals surface area contributed by atoms with Crippen LogP contribution in [-0.4, -0.2) is 23.0 Å². The van der Waals surface area contributed by atoms with Gasteiger partial charge in [0.25, 0.3) is 5.92 Å². The molecule has 0 amide bonds. The smallest absolute Gasteiger partial charge is 0.309 e. The number of esters is 1. The Morgan fingerprint density at radius 2 is 2.03 bits per heavy atom. The summed E-state index contributed by atoms with van der Waals surface area (Å²) in [7, 11) is 0. The zero-order valence-electron chi connectivity index (χ0n) is 17.7. The van der Waals surface area contributed by atoms with Crippen LogP contribution in [-0.2, 0) is 9.53 Å². The summed E-state index contributed by atoms with van der Waals surface area (Å²) in [4.78, 5) is 16.5. The number of nitrogens with zero attached hydrogens (tertiary/aromatic N) is 2. The van der Waals surface area contributed by atoms with Crippen LogP contribution < -0.4 is 0 Å². The van der Waals surface area contributed by atoms with Crippen LogP contribution >= 0.6 is 0 Å². The maximum atomic E-state index is 14.6. The van der Waals surface area contributed by atoms with Crippen LogP contribution in [0.25, 0.3) is 17.2 Å². The summed E-state index contributed by atoms with van der Waals surface area (Å²) < 4.78 is 34.4. The van der Waals surface area contributed by atoms with E-state index < -0.39 is 36.1 Å². The molecule has 1 aromatic carbocycles. The van der Waals surface area contributed by atoms with Crippen LogP contribution in [0.15, 0.2) is 42.6 Å². The molecule has 1 saturated heterocycles. The molecule has 0 N–H and O–H groups in total. The number of alkyl halides is 2. The van der Waals surface area contributed by atoms with Gasteiger partial charge in [0.15, 0.2) is 0 Å². The van der Waals surface area contributed by atoms with E-state index in [0.29, 0.717) is 11.3 Å². The highest BCUT2D eigenvalue weighted by molar-refractivity contribution is 5.76. The molecule has 1 aliphatic heterocycles. The predicted molar refractivity (Wildman–Crippen MR) is 113 cm³/mol. The highest BCUT2D eigenvalue weighted by atomic mass is 19.3. The molecular weight excluding hydrogens is 398 g/mol. The number of cyclic esters (lactones) is 1. The van der Waals surface area contributed by atoms with Crippen LogP contribution in [0.5, 0.6) is 0 Å². The first-order valence-electron chi connectivity index (χ1n) is 10.5. The molecule has 2 fully saturated rings. The number of hydrogen-bond acceptors (Lipinski definition) is 4. The van der Waals surface area contributed by atoms with Gasteiger partial charge in [-0.1, -0.05) is 37.3 Å². The number of aromatic nitrogens is 1. The lowest BCUT2D eigenvalue weighted by atomic mass is 9.64. The lowest BCUT2D eigenvalue weighted by Crippen LogP contribution is -2.46. The number of allylic oxidation sites excluding steroid dienone is 1. The van der Waals surface area contributed by atoms with E-state index in [1.165, 1.54) is 0 Å². The Labute approximate surface area is 180 Å². The molecule has 2 aliphatic rings. The van der Waals surface area contributed by atoms with E-state index in [2.05, 4.69) is 11.1 Å². The number of carbonyl (C=O) groups excluding carboxylic acids is 1. The van der Waals surface area contributed by atoms with Crippen molar-refractivity contribution in [3.05, 3.63) is 59.4 Å². The van der Waals surface area contributed by atoms with Crippen LogP contribution in [0, 0.1) is 41.9 Å². The first kappa shape index (κ1) is 21.2. The average Bonchev–Trinajstić information content (AvgIpc) is 3.01. The van der Waals surface area contributed by atoms with Gasteiger partial charge in [0, 0.05) is 35.6 Å². The van der Waals surface area contributed by atoms with Gasteiger partial charge in [0.1, 0.15) is 12.2 Å². The first-order chi connectivity index (χ1) is 14.7. The maximum absolute atomic E-state index is 14.6. The number of benzene rings is 1. The zero-order valence-corrected chi connectivity index (χ0v) is 17.7.